The van der Waals surface area contributed by atoms with Crippen LogP contribution in [0.1, 0.15) is 64.1 Å². The van der Waals surface area contributed by atoms with E-state index < -0.39 is 5.60 Å². The minimum absolute atomic E-state index is 0.132. The van der Waals surface area contributed by atoms with Crippen molar-refractivity contribution in [2.75, 3.05) is 5.32 Å². The highest BCUT2D eigenvalue weighted by Gasteiger charge is 2.31. The zero-order valence-corrected chi connectivity index (χ0v) is 14.9. The Balaban J connectivity index is 1.75. The van der Waals surface area contributed by atoms with Gasteiger partial charge in [-0.25, -0.2) is 4.98 Å². The Morgan fingerprint density at radius 3 is 2.68 bits per heavy atom. The Morgan fingerprint density at radius 1 is 1.28 bits per heavy atom. The van der Waals surface area contributed by atoms with Crippen molar-refractivity contribution in [3.8, 4) is 11.4 Å². The number of benzene rings is 1. The summed E-state index contributed by atoms with van der Waals surface area (Å²) in [6.07, 6.45) is 4.62. The third kappa shape index (κ3) is 4.25. The number of carbonyl (C=O) groups excluding carboxylic acids is 1. The van der Waals surface area contributed by atoms with Gasteiger partial charge >= 0.3 is 0 Å². The van der Waals surface area contributed by atoms with E-state index in [1.807, 2.05) is 38.1 Å². The third-order valence-electron chi connectivity index (χ3n) is 4.77. The molecule has 1 aliphatic carbocycles. The number of aromatic nitrogens is 3. The highest BCUT2D eigenvalue weighted by Crippen LogP contribution is 2.32. The zero-order valence-electron chi connectivity index (χ0n) is 14.9. The molecule has 3 N–H and O–H groups in total. The number of para-hydroxylation sites is 1. The standard InChI is InChI=1S/C19H26N4O2/c1-13(2)17-21-18(23-22-17)14-8-4-5-9-15(14)20-16(24)12-19(25)10-6-3-7-11-19/h4-5,8-9,13,25H,3,6-7,10-12H2,1-2H3,(H,20,24)(H,21,22,23). The van der Waals surface area contributed by atoms with Crippen molar-refractivity contribution < 1.29 is 9.90 Å². The molecule has 0 unspecified atom stereocenters. The van der Waals surface area contributed by atoms with Crippen molar-refractivity contribution in [1.82, 2.24) is 15.2 Å². The topological polar surface area (TPSA) is 90.9 Å². The molecule has 6 heteroatoms. The van der Waals surface area contributed by atoms with Gasteiger partial charge in [0, 0.05) is 11.5 Å². The van der Waals surface area contributed by atoms with Crippen molar-refractivity contribution in [3.05, 3.63) is 30.1 Å². The number of carbonyl (C=O) groups is 1. The molecule has 25 heavy (non-hydrogen) atoms. The van der Waals surface area contributed by atoms with Crippen LogP contribution in [-0.2, 0) is 4.79 Å². The van der Waals surface area contributed by atoms with Gasteiger partial charge in [0.05, 0.1) is 17.7 Å². The molecule has 0 spiro atoms. The van der Waals surface area contributed by atoms with E-state index in [4.69, 9.17) is 0 Å². The number of anilines is 1. The van der Waals surface area contributed by atoms with Gasteiger partial charge in [0.25, 0.3) is 0 Å². The molecule has 1 aromatic carbocycles. The largest absolute Gasteiger partial charge is 0.389 e. The first-order chi connectivity index (χ1) is 12.0. The second-order valence-electron chi connectivity index (χ2n) is 7.25. The van der Waals surface area contributed by atoms with Crippen LogP contribution in [0.15, 0.2) is 24.3 Å². The fraction of sp³-hybridized carbons (Fsp3) is 0.526. The second kappa shape index (κ2) is 7.35. The zero-order chi connectivity index (χ0) is 17.9. The summed E-state index contributed by atoms with van der Waals surface area (Å²) in [6, 6.07) is 7.48. The van der Waals surface area contributed by atoms with E-state index in [9.17, 15) is 9.90 Å². The summed E-state index contributed by atoms with van der Waals surface area (Å²) in [4.78, 5) is 17.0. The minimum Gasteiger partial charge on any atom is -0.389 e. The van der Waals surface area contributed by atoms with Crippen molar-refractivity contribution in [1.29, 1.82) is 0 Å². The maximum Gasteiger partial charge on any atom is 0.227 e. The molecule has 0 saturated heterocycles. The van der Waals surface area contributed by atoms with Gasteiger partial charge < -0.3 is 10.4 Å². The number of H-pyrrole nitrogens is 1. The number of nitrogens with zero attached hydrogens (tertiary/aromatic N) is 2. The summed E-state index contributed by atoms with van der Waals surface area (Å²) in [7, 11) is 0. The number of amides is 1. The van der Waals surface area contributed by atoms with Crippen molar-refractivity contribution >= 4 is 11.6 Å². The van der Waals surface area contributed by atoms with E-state index in [0.29, 0.717) is 24.4 Å². The Bertz CT molecular complexity index is 733. The van der Waals surface area contributed by atoms with Gasteiger partial charge in [-0.1, -0.05) is 45.2 Å². The molecular weight excluding hydrogens is 316 g/mol. The fourth-order valence-electron chi connectivity index (χ4n) is 3.32. The number of hydrogen-bond acceptors (Lipinski definition) is 4. The van der Waals surface area contributed by atoms with Gasteiger partial charge in [-0.05, 0) is 25.0 Å². The number of aliphatic hydroxyl groups is 1. The first kappa shape index (κ1) is 17.6. The molecule has 1 heterocycles. The minimum atomic E-state index is -0.868. The quantitative estimate of drug-likeness (QED) is 0.774. The molecule has 1 aliphatic rings. The highest BCUT2D eigenvalue weighted by atomic mass is 16.3. The van der Waals surface area contributed by atoms with Gasteiger partial charge in [-0.2, -0.15) is 5.10 Å². The number of rotatable bonds is 5. The lowest BCUT2D eigenvalue weighted by Gasteiger charge is -2.31. The monoisotopic (exact) mass is 342 g/mol. The Labute approximate surface area is 148 Å². The maximum absolute atomic E-state index is 12.5. The average molecular weight is 342 g/mol. The molecule has 6 nitrogen and oxygen atoms in total. The third-order valence-corrected chi connectivity index (χ3v) is 4.77. The van der Waals surface area contributed by atoms with E-state index in [1.54, 1.807) is 0 Å². The normalized spacial score (nSPS) is 16.8. The van der Waals surface area contributed by atoms with Crippen LogP contribution in [0, 0.1) is 0 Å². The molecule has 3 rings (SSSR count). The predicted octanol–water partition coefficient (Wildman–Crippen LogP) is 3.62. The summed E-state index contributed by atoms with van der Waals surface area (Å²) >= 11 is 0. The SMILES string of the molecule is CC(C)c1nc(-c2ccccc2NC(=O)CC2(O)CCCCC2)n[nH]1. The van der Waals surface area contributed by atoms with Crippen molar-refractivity contribution in [2.45, 2.75) is 63.9 Å². The first-order valence-electron chi connectivity index (χ1n) is 9.01. The summed E-state index contributed by atoms with van der Waals surface area (Å²) < 4.78 is 0. The predicted molar refractivity (Wildman–Crippen MR) is 97.2 cm³/mol. The van der Waals surface area contributed by atoms with Crippen molar-refractivity contribution in [2.24, 2.45) is 0 Å². The molecule has 0 atom stereocenters. The van der Waals surface area contributed by atoms with Crippen LogP contribution < -0.4 is 5.32 Å². The second-order valence-corrected chi connectivity index (χ2v) is 7.25. The lowest BCUT2D eigenvalue weighted by Crippen LogP contribution is -2.35. The first-order valence-corrected chi connectivity index (χ1v) is 9.01. The molecule has 1 amide bonds. The lowest BCUT2D eigenvalue weighted by atomic mass is 9.82. The van der Waals surface area contributed by atoms with Crippen molar-refractivity contribution in [3.63, 3.8) is 0 Å². The van der Waals surface area contributed by atoms with Gasteiger partial charge in [-0.15, -0.1) is 0 Å². The van der Waals surface area contributed by atoms with E-state index >= 15 is 0 Å². The van der Waals surface area contributed by atoms with E-state index in [2.05, 4.69) is 20.5 Å². The smallest absolute Gasteiger partial charge is 0.227 e. The van der Waals surface area contributed by atoms with Crippen LogP contribution in [0.5, 0.6) is 0 Å². The van der Waals surface area contributed by atoms with Crippen LogP contribution in [0.3, 0.4) is 0 Å². The molecule has 1 aromatic heterocycles. The van der Waals surface area contributed by atoms with E-state index in [-0.39, 0.29) is 18.2 Å². The molecule has 1 saturated carbocycles. The van der Waals surface area contributed by atoms with E-state index in [1.165, 1.54) is 0 Å². The number of hydrogen-bond donors (Lipinski definition) is 3. The lowest BCUT2D eigenvalue weighted by molar-refractivity contribution is -0.122. The number of nitrogens with one attached hydrogen (secondary N) is 2. The van der Waals surface area contributed by atoms with Gasteiger partial charge in [0.15, 0.2) is 5.82 Å². The Hall–Kier alpha value is -2.21. The van der Waals surface area contributed by atoms with Crippen LogP contribution in [0.25, 0.3) is 11.4 Å². The summed E-state index contributed by atoms with van der Waals surface area (Å²) in [6.45, 7) is 4.09. The van der Waals surface area contributed by atoms with Crippen LogP contribution in [0.4, 0.5) is 5.69 Å². The average Bonchev–Trinajstić information content (AvgIpc) is 3.05. The molecular formula is C19H26N4O2. The maximum atomic E-state index is 12.5. The van der Waals surface area contributed by atoms with Crippen LogP contribution in [0.2, 0.25) is 0 Å². The molecule has 134 valence electrons. The molecule has 0 bridgehead atoms. The molecule has 2 aromatic rings. The molecule has 1 fully saturated rings. The molecule has 0 aliphatic heterocycles. The Morgan fingerprint density at radius 2 is 2.00 bits per heavy atom. The highest BCUT2D eigenvalue weighted by molar-refractivity contribution is 5.95. The number of aromatic amines is 1. The molecule has 0 radical (unpaired) electrons. The Kier molecular flexibility index (Phi) is 5.18. The van der Waals surface area contributed by atoms with E-state index in [0.717, 1.165) is 30.7 Å². The summed E-state index contributed by atoms with van der Waals surface area (Å²) in [5, 5.41) is 20.7. The van der Waals surface area contributed by atoms with Gasteiger partial charge in [0.1, 0.15) is 5.82 Å². The van der Waals surface area contributed by atoms with Crippen LogP contribution in [-0.4, -0.2) is 31.8 Å². The summed E-state index contributed by atoms with van der Waals surface area (Å²) in [5.74, 6) is 1.46. The fourth-order valence-corrected chi connectivity index (χ4v) is 3.32. The van der Waals surface area contributed by atoms with Gasteiger partial charge in [-0.3, -0.25) is 9.89 Å². The van der Waals surface area contributed by atoms with Crippen LogP contribution >= 0.6 is 0 Å². The summed E-state index contributed by atoms with van der Waals surface area (Å²) in [5.41, 5.74) is 0.572. The van der Waals surface area contributed by atoms with Gasteiger partial charge in [0.2, 0.25) is 5.91 Å².